The lowest BCUT2D eigenvalue weighted by atomic mass is 10.2. The number of aliphatic imine (C=N–C) groups is 1. The summed E-state index contributed by atoms with van der Waals surface area (Å²) in [5.41, 5.74) is 2.40. The summed E-state index contributed by atoms with van der Waals surface area (Å²) in [4.78, 5) is 9.46. The van der Waals surface area contributed by atoms with Crippen LogP contribution >= 0.6 is 0 Å². The molecule has 2 aromatic rings. The van der Waals surface area contributed by atoms with Crippen LogP contribution in [0.5, 0.6) is 0 Å². The Morgan fingerprint density at radius 2 is 1.64 bits per heavy atom. The van der Waals surface area contributed by atoms with Crippen LogP contribution in [-0.4, -0.2) is 60.1 Å². The summed E-state index contributed by atoms with van der Waals surface area (Å²) in [6.45, 7) is 7.35. The van der Waals surface area contributed by atoms with Crippen LogP contribution in [0.3, 0.4) is 0 Å². The zero-order valence-electron chi connectivity index (χ0n) is 16.6. The van der Waals surface area contributed by atoms with Crippen LogP contribution in [0.25, 0.3) is 0 Å². The molecule has 0 amide bonds. The van der Waals surface area contributed by atoms with Gasteiger partial charge in [-0.1, -0.05) is 48.5 Å². The Kier molecular flexibility index (Phi) is 7.91. The van der Waals surface area contributed by atoms with E-state index in [0.717, 1.165) is 44.2 Å². The molecule has 1 heterocycles. The van der Waals surface area contributed by atoms with E-state index in [9.17, 15) is 4.21 Å². The second kappa shape index (κ2) is 10.9. The number of nitrogens with one attached hydrogen (secondary N) is 1. The third-order valence-corrected chi connectivity index (χ3v) is 6.08. The van der Waals surface area contributed by atoms with E-state index in [0.29, 0.717) is 18.1 Å². The quantitative estimate of drug-likeness (QED) is 0.576. The molecule has 0 radical (unpaired) electrons. The van der Waals surface area contributed by atoms with Gasteiger partial charge in [0.15, 0.2) is 5.96 Å². The van der Waals surface area contributed by atoms with Crippen molar-refractivity contribution in [3.8, 4) is 0 Å². The van der Waals surface area contributed by atoms with E-state index < -0.39 is 10.8 Å². The maximum absolute atomic E-state index is 12.3. The largest absolute Gasteiger partial charge is 0.368 e. The fourth-order valence-electron chi connectivity index (χ4n) is 3.33. The van der Waals surface area contributed by atoms with Gasteiger partial charge in [-0.25, -0.2) is 0 Å². The van der Waals surface area contributed by atoms with E-state index in [4.69, 9.17) is 4.99 Å². The van der Waals surface area contributed by atoms with Gasteiger partial charge in [0.05, 0.1) is 6.54 Å². The van der Waals surface area contributed by atoms with Crippen LogP contribution in [0.1, 0.15) is 12.5 Å². The Balaban J connectivity index is 1.49. The molecule has 1 fully saturated rings. The van der Waals surface area contributed by atoms with Gasteiger partial charge >= 0.3 is 0 Å². The highest BCUT2D eigenvalue weighted by molar-refractivity contribution is 7.84. The Labute approximate surface area is 170 Å². The lowest BCUT2D eigenvalue weighted by Gasteiger charge is -2.37. The molecule has 1 saturated heterocycles. The lowest BCUT2D eigenvalue weighted by Crippen LogP contribution is -2.52. The van der Waals surface area contributed by atoms with Gasteiger partial charge in [0, 0.05) is 60.7 Å². The number of hydrogen-bond donors (Lipinski definition) is 1. The maximum atomic E-state index is 12.3. The van der Waals surface area contributed by atoms with Gasteiger partial charge < -0.3 is 15.1 Å². The first-order valence-corrected chi connectivity index (χ1v) is 11.5. The van der Waals surface area contributed by atoms with Crippen LogP contribution < -0.4 is 10.2 Å². The van der Waals surface area contributed by atoms with Crippen molar-refractivity contribution in [2.24, 2.45) is 4.99 Å². The van der Waals surface area contributed by atoms with Crippen molar-refractivity contribution in [1.82, 2.24) is 10.2 Å². The van der Waals surface area contributed by atoms with E-state index in [2.05, 4.69) is 52.4 Å². The number of piperazine rings is 1. The first-order valence-electron chi connectivity index (χ1n) is 9.98. The molecule has 5 nitrogen and oxygen atoms in total. The van der Waals surface area contributed by atoms with Gasteiger partial charge in [0.2, 0.25) is 0 Å². The second-order valence-corrected chi connectivity index (χ2v) is 8.40. The summed E-state index contributed by atoms with van der Waals surface area (Å²) in [6.07, 6.45) is 0. The Bertz CT molecular complexity index is 759. The normalized spacial score (nSPS) is 16.1. The highest BCUT2D eigenvalue weighted by Crippen LogP contribution is 2.15. The van der Waals surface area contributed by atoms with Crippen molar-refractivity contribution >= 4 is 22.4 Å². The molecule has 0 bridgehead atoms. The highest BCUT2D eigenvalue weighted by atomic mass is 32.2. The predicted octanol–water partition coefficient (Wildman–Crippen LogP) is 2.72. The maximum Gasteiger partial charge on any atom is 0.194 e. The van der Waals surface area contributed by atoms with Gasteiger partial charge in [-0.3, -0.25) is 9.20 Å². The average molecular weight is 399 g/mol. The van der Waals surface area contributed by atoms with Gasteiger partial charge in [0.1, 0.15) is 0 Å². The summed E-state index contributed by atoms with van der Waals surface area (Å²) in [7, 11) is -0.889. The van der Waals surface area contributed by atoms with Crippen molar-refractivity contribution in [1.29, 1.82) is 0 Å². The van der Waals surface area contributed by atoms with Crippen LogP contribution in [0.4, 0.5) is 5.69 Å². The van der Waals surface area contributed by atoms with Crippen molar-refractivity contribution in [3.63, 3.8) is 0 Å². The van der Waals surface area contributed by atoms with Crippen molar-refractivity contribution < 1.29 is 4.21 Å². The van der Waals surface area contributed by atoms with Gasteiger partial charge in [0.25, 0.3) is 0 Å². The molecular weight excluding hydrogens is 368 g/mol. The Morgan fingerprint density at radius 1 is 1.00 bits per heavy atom. The number of rotatable bonds is 7. The first-order chi connectivity index (χ1) is 13.8. The molecule has 1 unspecified atom stereocenters. The average Bonchev–Trinajstić information content (AvgIpc) is 2.75. The minimum Gasteiger partial charge on any atom is -0.368 e. The molecule has 1 aliphatic rings. The monoisotopic (exact) mass is 398 g/mol. The molecule has 3 rings (SSSR count). The van der Waals surface area contributed by atoms with Crippen LogP contribution in [0.2, 0.25) is 0 Å². The van der Waals surface area contributed by atoms with Crippen LogP contribution in [0.15, 0.2) is 65.7 Å². The van der Waals surface area contributed by atoms with Crippen LogP contribution in [0, 0.1) is 0 Å². The fraction of sp³-hybridized carbons (Fsp3) is 0.409. The molecular formula is C22H30N4OS. The van der Waals surface area contributed by atoms with Crippen molar-refractivity contribution in [3.05, 3.63) is 66.2 Å². The Hall–Kier alpha value is -2.34. The number of guanidine groups is 1. The summed E-state index contributed by atoms with van der Waals surface area (Å²) in [5.74, 6) is 2.13. The van der Waals surface area contributed by atoms with E-state index in [-0.39, 0.29) is 0 Å². The second-order valence-electron chi connectivity index (χ2n) is 6.82. The summed E-state index contributed by atoms with van der Waals surface area (Å²) < 4.78 is 12.3. The van der Waals surface area contributed by atoms with Crippen molar-refractivity contribution in [2.75, 3.05) is 49.9 Å². The minimum atomic E-state index is -0.889. The van der Waals surface area contributed by atoms with E-state index in [1.807, 2.05) is 30.3 Å². The summed E-state index contributed by atoms with van der Waals surface area (Å²) in [6, 6.07) is 20.6. The molecule has 1 aliphatic heterocycles. The molecule has 0 aromatic heterocycles. The highest BCUT2D eigenvalue weighted by Gasteiger charge is 2.19. The fourth-order valence-corrected chi connectivity index (χ4v) is 4.33. The standard InChI is InChI=1S/C22H30N4OS/c1-2-23-22(24-13-18-28(27)19-20-9-5-3-6-10-20)26-16-14-25(15-17-26)21-11-7-4-8-12-21/h3-12H,2,13-19H2,1H3,(H,23,24). The van der Waals surface area contributed by atoms with E-state index >= 15 is 0 Å². The molecule has 1 N–H and O–H groups in total. The van der Waals surface area contributed by atoms with E-state index in [1.165, 1.54) is 5.69 Å². The molecule has 2 aromatic carbocycles. The number of benzene rings is 2. The third kappa shape index (κ3) is 6.09. The number of nitrogens with zero attached hydrogens (tertiary/aromatic N) is 3. The molecule has 28 heavy (non-hydrogen) atoms. The zero-order chi connectivity index (χ0) is 19.6. The topological polar surface area (TPSA) is 47.9 Å². The first kappa shape index (κ1) is 20.4. The number of anilines is 1. The minimum absolute atomic E-state index is 0.584. The number of para-hydroxylation sites is 1. The third-order valence-electron chi connectivity index (χ3n) is 4.79. The van der Waals surface area contributed by atoms with E-state index in [1.54, 1.807) is 0 Å². The van der Waals surface area contributed by atoms with Gasteiger partial charge in [-0.05, 0) is 24.6 Å². The SMILES string of the molecule is CCNC(=NCCS(=O)Cc1ccccc1)N1CCN(c2ccccc2)CC1. The zero-order valence-corrected chi connectivity index (χ0v) is 17.4. The van der Waals surface area contributed by atoms with Crippen molar-refractivity contribution in [2.45, 2.75) is 12.7 Å². The predicted molar refractivity (Wildman–Crippen MR) is 119 cm³/mol. The van der Waals surface area contributed by atoms with Gasteiger partial charge in [-0.15, -0.1) is 0 Å². The molecule has 150 valence electrons. The van der Waals surface area contributed by atoms with Gasteiger partial charge in [-0.2, -0.15) is 0 Å². The molecule has 0 saturated carbocycles. The smallest absolute Gasteiger partial charge is 0.194 e. The lowest BCUT2D eigenvalue weighted by molar-refractivity contribution is 0.373. The van der Waals surface area contributed by atoms with Crippen LogP contribution in [-0.2, 0) is 16.6 Å². The molecule has 0 aliphatic carbocycles. The number of hydrogen-bond acceptors (Lipinski definition) is 3. The summed E-state index contributed by atoms with van der Waals surface area (Å²) in [5, 5.41) is 3.39. The Morgan fingerprint density at radius 3 is 2.29 bits per heavy atom. The molecule has 0 spiro atoms. The molecule has 1 atom stereocenters. The summed E-state index contributed by atoms with van der Waals surface area (Å²) >= 11 is 0. The molecule has 6 heteroatoms.